The van der Waals surface area contributed by atoms with Crippen LogP contribution in [0.2, 0.25) is 0 Å². The Kier molecular flexibility index (Phi) is 17.2. The Labute approximate surface area is 137 Å². The summed E-state index contributed by atoms with van der Waals surface area (Å²) in [5.41, 5.74) is 0. The Balaban J connectivity index is 3.04. The number of ether oxygens (including phenoxy) is 4. The number of hydrogen-bond donors (Lipinski definition) is 2. The molecule has 1 unspecified atom stereocenters. The van der Waals surface area contributed by atoms with Crippen molar-refractivity contribution in [3.63, 3.8) is 0 Å². The van der Waals surface area contributed by atoms with E-state index in [1.54, 1.807) is 0 Å². The van der Waals surface area contributed by atoms with Crippen LogP contribution < -0.4 is 10.0 Å². The summed E-state index contributed by atoms with van der Waals surface area (Å²) in [6, 6.07) is 0. The van der Waals surface area contributed by atoms with Gasteiger partial charge in [-0.05, 0) is 20.9 Å². The zero-order valence-corrected chi connectivity index (χ0v) is 14.9. The highest BCUT2D eigenvalue weighted by molar-refractivity contribution is 7.83. The molecule has 0 saturated carbocycles. The molecule has 0 radical (unpaired) electrons. The normalized spacial score (nSPS) is 12.9. The van der Waals surface area contributed by atoms with Crippen molar-refractivity contribution in [1.82, 2.24) is 10.0 Å². The van der Waals surface area contributed by atoms with Crippen LogP contribution in [0.15, 0.2) is 0 Å². The number of nitrogens with one attached hydrogen (secondary N) is 2. The summed E-state index contributed by atoms with van der Waals surface area (Å²) in [5, 5.41) is 3.13. The van der Waals surface area contributed by atoms with Crippen LogP contribution in [-0.2, 0) is 29.9 Å². The highest BCUT2D eigenvalue weighted by Crippen LogP contribution is 1.88. The monoisotopic (exact) mass is 340 g/mol. The zero-order chi connectivity index (χ0) is 16.5. The molecule has 0 amide bonds. The van der Waals surface area contributed by atoms with E-state index in [9.17, 15) is 4.21 Å². The Morgan fingerprint density at radius 2 is 1.18 bits per heavy atom. The first kappa shape index (κ1) is 21.9. The summed E-state index contributed by atoms with van der Waals surface area (Å²) in [6.07, 6.45) is 0. The average molecular weight is 340 g/mol. The van der Waals surface area contributed by atoms with Crippen LogP contribution >= 0.6 is 0 Å². The molecule has 0 aromatic rings. The van der Waals surface area contributed by atoms with Crippen molar-refractivity contribution in [3.8, 4) is 0 Å². The van der Waals surface area contributed by atoms with E-state index in [0.717, 1.165) is 6.54 Å². The van der Waals surface area contributed by atoms with Gasteiger partial charge in [-0.15, -0.1) is 0 Å². The van der Waals surface area contributed by atoms with Gasteiger partial charge in [0.1, 0.15) is 0 Å². The Morgan fingerprint density at radius 1 is 0.773 bits per heavy atom. The molecule has 0 rings (SSSR count). The van der Waals surface area contributed by atoms with Crippen molar-refractivity contribution in [2.75, 3.05) is 73.0 Å². The molecule has 22 heavy (non-hydrogen) atoms. The molecule has 0 aromatic heterocycles. The van der Waals surface area contributed by atoms with Gasteiger partial charge in [0.2, 0.25) is 0 Å². The maximum absolute atomic E-state index is 11.4. The van der Waals surface area contributed by atoms with Gasteiger partial charge in [0.05, 0.1) is 63.8 Å². The molecule has 1 atom stereocenters. The molecule has 134 valence electrons. The zero-order valence-electron chi connectivity index (χ0n) is 14.1. The lowest BCUT2D eigenvalue weighted by Crippen LogP contribution is -2.27. The predicted molar refractivity (Wildman–Crippen MR) is 88.5 cm³/mol. The Hall–Kier alpha value is -0.0900. The van der Waals surface area contributed by atoms with Crippen LogP contribution in [0.4, 0.5) is 0 Å². The first-order chi connectivity index (χ1) is 10.7. The third-order valence-corrected chi connectivity index (χ3v) is 3.88. The molecular weight excluding hydrogens is 308 g/mol. The Morgan fingerprint density at radius 3 is 1.59 bits per heavy atom. The van der Waals surface area contributed by atoms with Gasteiger partial charge in [0, 0.05) is 18.3 Å². The number of likely N-dealkylation sites (N-methyl/N-ethyl adjacent to an activating group) is 1. The molecule has 2 N–H and O–H groups in total. The molecular formula is C14H32N2O5S. The second-order valence-corrected chi connectivity index (χ2v) is 6.62. The lowest BCUT2D eigenvalue weighted by atomic mass is 10.6. The van der Waals surface area contributed by atoms with Crippen molar-refractivity contribution in [1.29, 1.82) is 0 Å². The van der Waals surface area contributed by atoms with E-state index in [4.69, 9.17) is 18.9 Å². The van der Waals surface area contributed by atoms with Gasteiger partial charge in [-0.3, -0.25) is 0 Å². The van der Waals surface area contributed by atoms with Crippen LogP contribution in [0.5, 0.6) is 0 Å². The fraction of sp³-hybridized carbons (Fsp3) is 1.00. The molecule has 0 bridgehead atoms. The molecule has 0 saturated heterocycles. The predicted octanol–water partition coefficient (Wildman–Crippen LogP) is -0.0661. The molecule has 0 aliphatic heterocycles. The summed E-state index contributed by atoms with van der Waals surface area (Å²) in [5.74, 6) is 0. The highest BCUT2D eigenvalue weighted by atomic mass is 32.2. The highest BCUT2D eigenvalue weighted by Gasteiger charge is 2.02. The van der Waals surface area contributed by atoms with Crippen molar-refractivity contribution in [2.24, 2.45) is 0 Å². The minimum atomic E-state index is -0.980. The summed E-state index contributed by atoms with van der Waals surface area (Å²) < 4.78 is 35.7. The van der Waals surface area contributed by atoms with E-state index >= 15 is 0 Å². The quantitative estimate of drug-likeness (QED) is 0.361. The fourth-order valence-corrected chi connectivity index (χ4v) is 1.93. The van der Waals surface area contributed by atoms with Gasteiger partial charge in [-0.1, -0.05) is 0 Å². The van der Waals surface area contributed by atoms with Crippen LogP contribution in [0.25, 0.3) is 0 Å². The lowest BCUT2D eigenvalue weighted by Gasteiger charge is -2.09. The second kappa shape index (κ2) is 17.3. The first-order valence-electron chi connectivity index (χ1n) is 7.78. The molecule has 0 spiro atoms. The molecule has 0 heterocycles. The smallest absolute Gasteiger partial charge is 0.0942 e. The van der Waals surface area contributed by atoms with Crippen LogP contribution in [0, 0.1) is 0 Å². The van der Waals surface area contributed by atoms with Gasteiger partial charge in [0.15, 0.2) is 0 Å². The van der Waals surface area contributed by atoms with E-state index in [1.165, 1.54) is 0 Å². The minimum absolute atomic E-state index is 0.122. The summed E-state index contributed by atoms with van der Waals surface area (Å²) in [6.45, 7) is 9.86. The van der Waals surface area contributed by atoms with Gasteiger partial charge >= 0.3 is 0 Å². The second-order valence-electron chi connectivity index (χ2n) is 4.79. The van der Waals surface area contributed by atoms with Gasteiger partial charge < -0.3 is 24.3 Å². The number of rotatable bonds is 17. The van der Waals surface area contributed by atoms with Gasteiger partial charge in [0.25, 0.3) is 0 Å². The maximum atomic E-state index is 11.4. The SMILES string of the molecule is CNCCOCCOCCOCCOCCNS(=O)C(C)C. The maximum Gasteiger partial charge on any atom is 0.0942 e. The molecule has 8 heteroatoms. The summed E-state index contributed by atoms with van der Waals surface area (Å²) >= 11 is 0. The first-order valence-corrected chi connectivity index (χ1v) is 8.99. The van der Waals surface area contributed by atoms with E-state index in [0.29, 0.717) is 59.4 Å². The summed E-state index contributed by atoms with van der Waals surface area (Å²) in [4.78, 5) is 0. The molecule has 7 nitrogen and oxygen atoms in total. The summed E-state index contributed by atoms with van der Waals surface area (Å²) in [7, 11) is 0.913. The fourth-order valence-electron chi connectivity index (χ4n) is 1.32. The molecule has 0 aliphatic rings. The van der Waals surface area contributed by atoms with E-state index < -0.39 is 11.0 Å². The van der Waals surface area contributed by atoms with Crippen molar-refractivity contribution in [3.05, 3.63) is 0 Å². The minimum Gasteiger partial charge on any atom is -0.378 e. The standard InChI is InChI=1S/C14H32N2O5S/c1-14(2)22(17)16-5-7-19-9-11-21-13-12-20-10-8-18-6-4-15-3/h14-16H,4-13H2,1-3H3. The van der Waals surface area contributed by atoms with Crippen molar-refractivity contribution < 1.29 is 23.2 Å². The third kappa shape index (κ3) is 16.3. The lowest BCUT2D eigenvalue weighted by molar-refractivity contribution is -0.000700. The van der Waals surface area contributed by atoms with Crippen LogP contribution in [-0.4, -0.2) is 82.5 Å². The molecule has 0 fully saturated rings. The topological polar surface area (TPSA) is 78.1 Å². The van der Waals surface area contributed by atoms with Gasteiger partial charge in [-0.25, -0.2) is 8.93 Å². The molecule has 0 aliphatic carbocycles. The van der Waals surface area contributed by atoms with Crippen molar-refractivity contribution >= 4 is 11.0 Å². The average Bonchev–Trinajstić information content (AvgIpc) is 2.50. The number of hydrogen-bond acceptors (Lipinski definition) is 6. The van der Waals surface area contributed by atoms with Crippen molar-refractivity contribution in [2.45, 2.75) is 19.1 Å². The largest absolute Gasteiger partial charge is 0.378 e. The third-order valence-electron chi connectivity index (χ3n) is 2.53. The molecule has 0 aromatic carbocycles. The van der Waals surface area contributed by atoms with Crippen LogP contribution in [0.3, 0.4) is 0 Å². The van der Waals surface area contributed by atoms with Crippen LogP contribution in [0.1, 0.15) is 13.8 Å². The Bertz CT molecular complexity index is 257. The van der Waals surface area contributed by atoms with E-state index in [1.807, 2.05) is 20.9 Å². The van der Waals surface area contributed by atoms with Gasteiger partial charge in [-0.2, -0.15) is 0 Å². The van der Waals surface area contributed by atoms with E-state index in [-0.39, 0.29) is 5.25 Å². The van der Waals surface area contributed by atoms with E-state index in [2.05, 4.69) is 10.0 Å².